The predicted octanol–water partition coefficient (Wildman–Crippen LogP) is 1.62. The first-order valence-electron chi connectivity index (χ1n) is 5.04. The van der Waals surface area contributed by atoms with Crippen LogP contribution in [0.3, 0.4) is 0 Å². The van der Waals surface area contributed by atoms with Crippen LogP contribution in [0.1, 0.15) is 34.6 Å². The highest BCUT2D eigenvalue weighted by Gasteiger charge is 2.31. The highest BCUT2D eigenvalue weighted by molar-refractivity contribution is 5.69. The largest absolute Gasteiger partial charge is 0.444 e. The Kier molecular flexibility index (Phi) is 4.91. The molecule has 0 aromatic carbocycles. The molecule has 0 aliphatic carbocycles. The number of hydrogen-bond acceptors (Lipinski definition) is 3. The van der Waals surface area contributed by atoms with Gasteiger partial charge in [-0.05, 0) is 20.8 Å². The van der Waals surface area contributed by atoms with Crippen molar-refractivity contribution in [3.8, 4) is 0 Å². The summed E-state index contributed by atoms with van der Waals surface area (Å²) in [5, 5.41) is 8.92. The second kappa shape index (κ2) is 5.20. The number of ether oxygens (including phenoxy) is 1. The molecule has 0 bridgehead atoms. The van der Waals surface area contributed by atoms with E-state index in [0.717, 1.165) is 0 Å². The molecule has 84 valence electrons. The molecule has 4 nitrogen and oxygen atoms in total. The van der Waals surface area contributed by atoms with Gasteiger partial charge in [-0.3, -0.25) is 0 Å². The highest BCUT2D eigenvalue weighted by atomic mass is 16.6. The predicted molar refractivity (Wildman–Crippen MR) is 55.2 cm³/mol. The van der Waals surface area contributed by atoms with Crippen molar-refractivity contribution in [1.82, 2.24) is 4.90 Å². The minimum absolute atomic E-state index is 0.340. The number of hydrogen-bond donors (Lipinski definition) is 1. The van der Waals surface area contributed by atoms with E-state index < -0.39 is 5.60 Å². The van der Waals surface area contributed by atoms with Crippen molar-refractivity contribution in [1.29, 1.82) is 0 Å². The van der Waals surface area contributed by atoms with Gasteiger partial charge in [-0.1, -0.05) is 13.8 Å². The molecule has 1 aliphatic rings. The van der Waals surface area contributed by atoms with E-state index >= 15 is 0 Å². The first kappa shape index (κ1) is 13.2. The van der Waals surface area contributed by atoms with Crippen LogP contribution in [0, 0.1) is 0 Å². The standard InChI is InChI=1S/C8H15NO3.C2H6/c1-8(2,3)12-7(11)9-4-6(10)5-9;1-2/h6,10H,4-5H2,1-3H3;1-2H3. The highest BCUT2D eigenvalue weighted by Crippen LogP contribution is 2.14. The number of nitrogens with zero attached hydrogens (tertiary/aromatic N) is 1. The quantitative estimate of drug-likeness (QED) is 0.651. The van der Waals surface area contributed by atoms with E-state index in [0.29, 0.717) is 13.1 Å². The number of carbonyl (C=O) groups excluding carboxylic acids is 1. The SMILES string of the molecule is CC.CC(C)(C)OC(=O)N1CC(O)C1. The van der Waals surface area contributed by atoms with E-state index in [4.69, 9.17) is 9.84 Å². The smallest absolute Gasteiger partial charge is 0.410 e. The number of carbonyl (C=O) groups is 1. The van der Waals surface area contributed by atoms with Crippen molar-refractivity contribution in [2.75, 3.05) is 13.1 Å². The van der Waals surface area contributed by atoms with Gasteiger partial charge in [0.05, 0.1) is 19.2 Å². The van der Waals surface area contributed by atoms with Gasteiger partial charge in [-0.2, -0.15) is 0 Å². The Morgan fingerprint density at radius 1 is 1.36 bits per heavy atom. The molecule has 0 radical (unpaired) electrons. The number of aliphatic hydroxyl groups is 1. The van der Waals surface area contributed by atoms with E-state index in [1.165, 1.54) is 4.90 Å². The number of likely N-dealkylation sites (tertiary alicyclic amines) is 1. The Balaban J connectivity index is 0.000000791. The number of β-amino-alcohol motifs (C(OH)–C–C–N with tert-alkyl or cyclic N) is 1. The first-order chi connectivity index (χ1) is 6.38. The molecule has 14 heavy (non-hydrogen) atoms. The zero-order valence-electron chi connectivity index (χ0n) is 9.70. The van der Waals surface area contributed by atoms with Crippen LogP contribution in [0.15, 0.2) is 0 Å². The maximum Gasteiger partial charge on any atom is 0.410 e. The molecule has 1 rings (SSSR count). The number of rotatable bonds is 0. The monoisotopic (exact) mass is 203 g/mol. The molecular weight excluding hydrogens is 182 g/mol. The third-order valence-corrected chi connectivity index (χ3v) is 1.51. The van der Waals surface area contributed by atoms with Crippen LogP contribution in [0.25, 0.3) is 0 Å². The molecule has 1 saturated heterocycles. The lowest BCUT2D eigenvalue weighted by molar-refractivity contribution is -0.0303. The van der Waals surface area contributed by atoms with E-state index in [1.54, 1.807) is 0 Å². The van der Waals surface area contributed by atoms with Crippen LogP contribution in [-0.4, -0.2) is 40.9 Å². The summed E-state index contributed by atoms with van der Waals surface area (Å²) in [6.07, 6.45) is -0.703. The van der Waals surface area contributed by atoms with Crippen molar-refractivity contribution in [3.05, 3.63) is 0 Å². The van der Waals surface area contributed by atoms with Crippen LogP contribution >= 0.6 is 0 Å². The van der Waals surface area contributed by atoms with Gasteiger partial charge in [0.1, 0.15) is 5.60 Å². The summed E-state index contributed by atoms with van der Waals surface area (Å²) in [4.78, 5) is 12.7. The van der Waals surface area contributed by atoms with Crippen molar-refractivity contribution in [3.63, 3.8) is 0 Å². The molecule has 0 unspecified atom stereocenters. The fourth-order valence-corrected chi connectivity index (χ4v) is 0.931. The van der Waals surface area contributed by atoms with Crippen LogP contribution in [-0.2, 0) is 4.74 Å². The normalized spacial score (nSPS) is 16.6. The van der Waals surface area contributed by atoms with Gasteiger partial charge in [0.25, 0.3) is 0 Å². The summed E-state index contributed by atoms with van der Waals surface area (Å²) in [7, 11) is 0. The maximum absolute atomic E-state index is 11.2. The molecule has 1 aliphatic heterocycles. The minimum Gasteiger partial charge on any atom is -0.444 e. The fraction of sp³-hybridized carbons (Fsp3) is 0.900. The topological polar surface area (TPSA) is 49.8 Å². The van der Waals surface area contributed by atoms with Crippen molar-refractivity contribution in [2.45, 2.75) is 46.3 Å². The van der Waals surface area contributed by atoms with Gasteiger partial charge in [0.15, 0.2) is 0 Å². The van der Waals surface area contributed by atoms with Gasteiger partial charge in [0.2, 0.25) is 0 Å². The lowest BCUT2D eigenvalue weighted by atomic mass is 10.2. The van der Waals surface area contributed by atoms with Gasteiger partial charge < -0.3 is 14.7 Å². The molecule has 4 heteroatoms. The molecular formula is C10H21NO3. The van der Waals surface area contributed by atoms with Crippen LogP contribution in [0.5, 0.6) is 0 Å². The Labute approximate surface area is 85.9 Å². The molecule has 0 aromatic rings. The summed E-state index contributed by atoms with van der Waals surface area (Å²) in [5.74, 6) is 0. The summed E-state index contributed by atoms with van der Waals surface area (Å²) in [6, 6.07) is 0. The third-order valence-electron chi connectivity index (χ3n) is 1.51. The van der Waals surface area contributed by atoms with E-state index in [9.17, 15) is 4.79 Å². The molecule has 1 amide bonds. The van der Waals surface area contributed by atoms with E-state index in [1.807, 2.05) is 34.6 Å². The van der Waals surface area contributed by atoms with Crippen molar-refractivity contribution in [2.24, 2.45) is 0 Å². The molecule has 1 fully saturated rings. The maximum atomic E-state index is 11.2. The second-order valence-electron chi connectivity index (χ2n) is 4.04. The third kappa shape index (κ3) is 4.46. The van der Waals surface area contributed by atoms with Crippen LogP contribution < -0.4 is 0 Å². The Morgan fingerprint density at radius 2 is 1.79 bits per heavy atom. The molecule has 0 atom stereocenters. The van der Waals surface area contributed by atoms with Crippen LogP contribution in [0.2, 0.25) is 0 Å². The summed E-state index contributed by atoms with van der Waals surface area (Å²) >= 11 is 0. The summed E-state index contributed by atoms with van der Waals surface area (Å²) in [5.41, 5.74) is -0.447. The number of amides is 1. The fourth-order valence-electron chi connectivity index (χ4n) is 0.931. The van der Waals surface area contributed by atoms with Gasteiger partial charge in [-0.15, -0.1) is 0 Å². The molecule has 1 heterocycles. The average Bonchev–Trinajstić information content (AvgIpc) is 1.99. The van der Waals surface area contributed by atoms with E-state index in [2.05, 4.69) is 0 Å². The second-order valence-corrected chi connectivity index (χ2v) is 4.04. The molecule has 0 spiro atoms. The van der Waals surface area contributed by atoms with Gasteiger partial charge in [0, 0.05) is 0 Å². The summed E-state index contributed by atoms with van der Waals surface area (Å²) in [6.45, 7) is 10.3. The lowest BCUT2D eigenvalue weighted by Crippen LogP contribution is -2.54. The van der Waals surface area contributed by atoms with Crippen LogP contribution in [0.4, 0.5) is 4.79 Å². The summed E-state index contributed by atoms with van der Waals surface area (Å²) < 4.78 is 5.07. The number of aliphatic hydroxyl groups excluding tert-OH is 1. The Hall–Kier alpha value is -0.770. The minimum atomic E-state index is -0.447. The molecule has 0 saturated carbocycles. The van der Waals surface area contributed by atoms with Gasteiger partial charge in [-0.25, -0.2) is 4.79 Å². The zero-order valence-corrected chi connectivity index (χ0v) is 9.70. The first-order valence-corrected chi connectivity index (χ1v) is 5.04. The average molecular weight is 203 g/mol. The molecule has 1 N–H and O–H groups in total. The molecule has 0 aromatic heterocycles. The van der Waals surface area contributed by atoms with Crippen molar-refractivity contribution >= 4 is 6.09 Å². The van der Waals surface area contributed by atoms with Crippen molar-refractivity contribution < 1.29 is 14.6 Å². The lowest BCUT2D eigenvalue weighted by Gasteiger charge is -2.36. The zero-order chi connectivity index (χ0) is 11.4. The Bertz CT molecular complexity index is 180. The van der Waals surface area contributed by atoms with E-state index in [-0.39, 0.29) is 12.2 Å². The Morgan fingerprint density at radius 3 is 2.07 bits per heavy atom. The van der Waals surface area contributed by atoms with Gasteiger partial charge >= 0.3 is 6.09 Å².